The number of nitrogens with two attached hydrogens (primary N) is 3. The van der Waals surface area contributed by atoms with E-state index in [9.17, 15) is 32.6 Å². The molecule has 2 aromatic rings. The molecule has 0 bridgehead atoms. The molecule has 2 heterocycles. The quantitative estimate of drug-likeness (QED) is 0.172. The van der Waals surface area contributed by atoms with E-state index in [0.717, 1.165) is 17.7 Å². The highest BCUT2D eigenvalue weighted by atomic mass is 19.4. The minimum absolute atomic E-state index is 0.00826. The molecule has 1 saturated heterocycles. The lowest BCUT2D eigenvalue weighted by Crippen LogP contribution is -2.50. The van der Waals surface area contributed by atoms with Gasteiger partial charge in [0.25, 0.3) is 0 Å². The minimum atomic E-state index is -4.53. The smallest absolute Gasteiger partial charge is 0.423 e. The van der Waals surface area contributed by atoms with Crippen LogP contribution >= 0.6 is 0 Å². The Morgan fingerprint density at radius 2 is 1.68 bits per heavy atom. The fourth-order valence-electron chi connectivity index (χ4n) is 5.35. The van der Waals surface area contributed by atoms with Crippen molar-refractivity contribution in [3.8, 4) is 0 Å². The molecule has 2 aliphatic rings. The summed E-state index contributed by atoms with van der Waals surface area (Å²) in [6.07, 6.45) is -4.81. The van der Waals surface area contributed by atoms with Gasteiger partial charge < -0.3 is 41.8 Å². The van der Waals surface area contributed by atoms with Gasteiger partial charge in [-0.25, -0.2) is 0 Å². The van der Waals surface area contributed by atoms with Crippen molar-refractivity contribution in [3.05, 3.63) is 64.7 Å². The van der Waals surface area contributed by atoms with E-state index in [1.807, 2.05) is 0 Å². The van der Waals surface area contributed by atoms with Crippen molar-refractivity contribution in [2.45, 2.75) is 49.5 Å². The molecule has 2 aliphatic heterocycles. The predicted octanol–water partition coefficient (Wildman–Crippen LogP) is -0.659. The van der Waals surface area contributed by atoms with E-state index in [-0.39, 0.29) is 44.7 Å². The number of benzene rings is 2. The van der Waals surface area contributed by atoms with Crippen LogP contribution in [0.5, 0.6) is 0 Å². The zero-order valence-electron chi connectivity index (χ0n) is 24.1. The van der Waals surface area contributed by atoms with Crippen molar-refractivity contribution in [2.75, 3.05) is 39.4 Å². The molecule has 11 nitrogen and oxygen atoms in total. The molecule has 0 unspecified atom stereocenters. The highest BCUT2D eigenvalue weighted by molar-refractivity contribution is 6.62. The molecule has 1 spiro atoms. The standard InChI is InChI=1S/C29H37BF3N5O6/c31-29(32,33)20-4-1-18(2-5-20)14-24(37-27(41)23(36)7-8-26(40)38(11-9-34)12-10-35)25(39)15-19-3-6-21-22(13-19)30(42)44-28(21)16-43-17-28/h1-6,13,23-24,42H,7-12,14-17,34-36H2,(H,37,41)/t23-,24+/m0/s1. The molecule has 2 aromatic carbocycles. The molecule has 2 amide bonds. The van der Waals surface area contributed by atoms with Gasteiger partial charge in [0.2, 0.25) is 11.8 Å². The fraction of sp³-hybridized carbons (Fsp3) is 0.483. The first-order valence-corrected chi connectivity index (χ1v) is 14.4. The van der Waals surface area contributed by atoms with Gasteiger partial charge in [0.05, 0.1) is 30.9 Å². The van der Waals surface area contributed by atoms with Crippen LogP contribution in [-0.4, -0.2) is 86.1 Å². The molecule has 0 radical (unpaired) electrons. The van der Waals surface area contributed by atoms with E-state index in [1.165, 1.54) is 17.0 Å². The number of hydrogen-bond donors (Lipinski definition) is 5. The number of Topliss-reactive ketones (excluding diaryl/α,β-unsaturated/α-hetero) is 1. The van der Waals surface area contributed by atoms with Gasteiger partial charge in [-0.3, -0.25) is 14.4 Å². The van der Waals surface area contributed by atoms with E-state index in [4.69, 9.17) is 26.6 Å². The molecule has 0 aromatic heterocycles. The maximum absolute atomic E-state index is 13.5. The summed E-state index contributed by atoms with van der Waals surface area (Å²) < 4.78 is 50.2. The van der Waals surface area contributed by atoms with E-state index in [2.05, 4.69) is 5.32 Å². The number of nitrogens with one attached hydrogen (secondary N) is 1. The Morgan fingerprint density at radius 3 is 2.25 bits per heavy atom. The third-order valence-corrected chi connectivity index (χ3v) is 7.84. The van der Waals surface area contributed by atoms with Crippen LogP contribution in [0.2, 0.25) is 0 Å². The van der Waals surface area contributed by atoms with Crippen LogP contribution in [-0.2, 0) is 48.4 Å². The Bertz CT molecular complexity index is 1340. The van der Waals surface area contributed by atoms with Gasteiger partial charge in [-0.2, -0.15) is 13.2 Å². The van der Waals surface area contributed by atoms with Gasteiger partial charge in [-0.05, 0) is 47.1 Å². The average Bonchev–Trinajstić information content (AvgIpc) is 3.27. The number of nitrogens with zero attached hydrogens (tertiary/aromatic N) is 1. The summed E-state index contributed by atoms with van der Waals surface area (Å²) in [6.45, 7) is 1.72. The maximum Gasteiger partial charge on any atom is 0.492 e. The van der Waals surface area contributed by atoms with Gasteiger partial charge in [0.15, 0.2) is 5.78 Å². The lowest BCUT2D eigenvalue weighted by Gasteiger charge is -2.38. The summed E-state index contributed by atoms with van der Waals surface area (Å²) in [5.74, 6) is -1.37. The monoisotopic (exact) mass is 619 g/mol. The van der Waals surface area contributed by atoms with Crippen LogP contribution in [0.4, 0.5) is 13.2 Å². The Hall–Kier alpha value is -3.34. The lowest BCUT2D eigenvalue weighted by atomic mass is 9.76. The summed E-state index contributed by atoms with van der Waals surface area (Å²) in [5, 5.41) is 13.1. The number of carbonyl (C=O) groups is 3. The number of halogens is 3. The van der Waals surface area contributed by atoms with Crippen LogP contribution in [0.25, 0.3) is 0 Å². The van der Waals surface area contributed by atoms with Gasteiger partial charge in [-0.15, -0.1) is 0 Å². The number of amides is 2. The van der Waals surface area contributed by atoms with Crippen molar-refractivity contribution in [1.82, 2.24) is 10.2 Å². The molecule has 4 rings (SSSR count). The molecule has 0 saturated carbocycles. The molecule has 8 N–H and O–H groups in total. The highest BCUT2D eigenvalue weighted by Gasteiger charge is 2.52. The Morgan fingerprint density at radius 1 is 1.05 bits per heavy atom. The summed E-state index contributed by atoms with van der Waals surface area (Å²) in [6, 6.07) is 7.21. The number of rotatable bonds is 14. The fourth-order valence-corrected chi connectivity index (χ4v) is 5.35. The second kappa shape index (κ2) is 14.2. The van der Waals surface area contributed by atoms with E-state index in [1.54, 1.807) is 18.2 Å². The largest absolute Gasteiger partial charge is 0.492 e. The maximum atomic E-state index is 13.5. The minimum Gasteiger partial charge on any atom is -0.423 e. The zero-order chi connectivity index (χ0) is 32.1. The Labute approximate surface area is 253 Å². The first-order chi connectivity index (χ1) is 20.9. The van der Waals surface area contributed by atoms with Gasteiger partial charge >= 0.3 is 13.3 Å². The van der Waals surface area contributed by atoms with Crippen LogP contribution in [0.1, 0.15) is 35.1 Å². The third-order valence-electron chi connectivity index (χ3n) is 7.84. The number of ether oxygens (including phenoxy) is 1. The topological polar surface area (TPSA) is 183 Å². The van der Waals surface area contributed by atoms with Gasteiger partial charge in [0.1, 0.15) is 5.60 Å². The number of alkyl halides is 3. The molecule has 2 atom stereocenters. The molecule has 0 aliphatic carbocycles. The van der Waals surface area contributed by atoms with Crippen LogP contribution in [0.15, 0.2) is 42.5 Å². The second-order valence-electron chi connectivity index (χ2n) is 11.1. The van der Waals surface area contributed by atoms with Gasteiger partial charge in [-0.1, -0.05) is 30.3 Å². The molecule has 15 heteroatoms. The average molecular weight is 619 g/mol. The number of hydrogen-bond acceptors (Lipinski definition) is 9. The summed E-state index contributed by atoms with van der Waals surface area (Å²) in [5.41, 5.74) is 17.9. The first-order valence-electron chi connectivity index (χ1n) is 14.4. The number of fused-ring (bicyclic) bond motifs is 2. The first kappa shape index (κ1) is 33.6. The summed E-state index contributed by atoms with van der Waals surface area (Å²) >= 11 is 0. The summed E-state index contributed by atoms with van der Waals surface area (Å²) in [4.78, 5) is 40.6. The van der Waals surface area contributed by atoms with Crippen LogP contribution < -0.4 is 28.0 Å². The second-order valence-corrected chi connectivity index (χ2v) is 11.1. The Balaban J connectivity index is 1.47. The lowest BCUT2D eigenvalue weighted by molar-refractivity contribution is -0.168. The van der Waals surface area contributed by atoms with E-state index >= 15 is 0 Å². The molecule has 1 fully saturated rings. The zero-order valence-corrected chi connectivity index (χ0v) is 24.1. The molecular formula is C29H37BF3N5O6. The Kier molecular flexibility index (Phi) is 10.8. The van der Waals surface area contributed by atoms with E-state index < -0.39 is 48.2 Å². The predicted molar refractivity (Wildman–Crippen MR) is 155 cm³/mol. The SMILES string of the molecule is NCCN(CCN)C(=O)CC[C@H](N)C(=O)N[C@H](Cc1ccc(C(F)(F)F)cc1)C(=O)Cc1ccc2c(c1)B(O)OC21COC1. The molecule has 238 valence electrons. The van der Waals surface area contributed by atoms with Crippen molar-refractivity contribution >= 4 is 30.2 Å². The third kappa shape index (κ3) is 7.84. The van der Waals surface area contributed by atoms with Crippen LogP contribution in [0, 0.1) is 0 Å². The van der Waals surface area contributed by atoms with Crippen molar-refractivity contribution in [3.63, 3.8) is 0 Å². The number of ketones is 1. The summed E-state index contributed by atoms with van der Waals surface area (Å²) in [7, 11) is -1.18. The van der Waals surface area contributed by atoms with Crippen LogP contribution in [0.3, 0.4) is 0 Å². The number of carbonyl (C=O) groups excluding carboxylic acids is 3. The van der Waals surface area contributed by atoms with Gasteiger partial charge in [0, 0.05) is 39.0 Å². The normalized spacial score (nSPS) is 16.7. The highest BCUT2D eigenvalue weighted by Crippen LogP contribution is 2.37. The van der Waals surface area contributed by atoms with Crippen molar-refractivity contribution < 1.29 is 42.0 Å². The van der Waals surface area contributed by atoms with E-state index in [0.29, 0.717) is 42.9 Å². The van der Waals surface area contributed by atoms with Crippen molar-refractivity contribution in [1.29, 1.82) is 0 Å². The molecule has 44 heavy (non-hydrogen) atoms. The molecular weight excluding hydrogens is 582 g/mol. The van der Waals surface area contributed by atoms with Crippen molar-refractivity contribution in [2.24, 2.45) is 17.2 Å².